The van der Waals surface area contributed by atoms with E-state index in [4.69, 9.17) is 4.74 Å². The molecule has 22 heavy (non-hydrogen) atoms. The van der Waals surface area contributed by atoms with Crippen molar-refractivity contribution in [3.05, 3.63) is 0 Å². The lowest BCUT2D eigenvalue weighted by Gasteiger charge is -2.30. The number of guanidine groups is 1. The van der Waals surface area contributed by atoms with Crippen molar-refractivity contribution in [3.63, 3.8) is 0 Å². The second-order valence-corrected chi connectivity index (χ2v) is 6.85. The number of nitrogens with zero attached hydrogens (tertiary/aromatic N) is 2. The van der Waals surface area contributed by atoms with Crippen LogP contribution in [0.5, 0.6) is 0 Å². The van der Waals surface area contributed by atoms with Gasteiger partial charge in [0.05, 0.1) is 0 Å². The molecule has 0 bridgehead atoms. The van der Waals surface area contributed by atoms with Crippen molar-refractivity contribution >= 4 is 5.96 Å². The van der Waals surface area contributed by atoms with E-state index in [-0.39, 0.29) is 0 Å². The normalized spacial score (nSPS) is 23.5. The van der Waals surface area contributed by atoms with Crippen LogP contribution in [0.4, 0.5) is 0 Å². The summed E-state index contributed by atoms with van der Waals surface area (Å²) in [5.74, 6) is 2.62. The predicted molar refractivity (Wildman–Crippen MR) is 92.4 cm³/mol. The van der Waals surface area contributed by atoms with Crippen LogP contribution in [0.3, 0.4) is 0 Å². The smallest absolute Gasteiger partial charge is 0.191 e. The number of aliphatic imine (C=N–C) groups is 1. The van der Waals surface area contributed by atoms with E-state index in [1.807, 2.05) is 7.05 Å². The highest BCUT2D eigenvalue weighted by molar-refractivity contribution is 5.79. The largest absolute Gasteiger partial charge is 0.381 e. The highest BCUT2D eigenvalue weighted by Crippen LogP contribution is 2.28. The summed E-state index contributed by atoms with van der Waals surface area (Å²) in [6.45, 7) is 9.65. The van der Waals surface area contributed by atoms with Gasteiger partial charge in [0.2, 0.25) is 0 Å². The molecular weight excluding hydrogens is 276 g/mol. The first-order valence-corrected chi connectivity index (χ1v) is 9.02. The monoisotopic (exact) mass is 310 g/mol. The first-order chi connectivity index (χ1) is 10.8. The Hall–Kier alpha value is -0.810. The quantitative estimate of drug-likeness (QED) is 0.387. The Labute approximate surface area is 135 Å². The van der Waals surface area contributed by atoms with Crippen molar-refractivity contribution in [1.82, 2.24) is 15.5 Å². The van der Waals surface area contributed by atoms with Gasteiger partial charge >= 0.3 is 0 Å². The number of hydrogen-bond acceptors (Lipinski definition) is 3. The molecule has 2 rings (SSSR count). The van der Waals surface area contributed by atoms with Crippen LogP contribution >= 0.6 is 0 Å². The Bertz CT molecular complexity index is 331. The van der Waals surface area contributed by atoms with Gasteiger partial charge in [0, 0.05) is 46.4 Å². The van der Waals surface area contributed by atoms with E-state index in [2.05, 4.69) is 27.4 Å². The van der Waals surface area contributed by atoms with E-state index < -0.39 is 0 Å². The van der Waals surface area contributed by atoms with Gasteiger partial charge in [-0.05, 0) is 50.5 Å². The highest BCUT2D eigenvalue weighted by atomic mass is 16.5. The fourth-order valence-electron chi connectivity index (χ4n) is 2.96. The van der Waals surface area contributed by atoms with Gasteiger partial charge in [0.25, 0.3) is 0 Å². The summed E-state index contributed by atoms with van der Waals surface area (Å²) in [7, 11) is 1.84. The molecule has 128 valence electrons. The number of rotatable bonds is 9. The van der Waals surface area contributed by atoms with E-state index in [9.17, 15) is 0 Å². The van der Waals surface area contributed by atoms with Crippen molar-refractivity contribution in [1.29, 1.82) is 0 Å². The summed E-state index contributed by atoms with van der Waals surface area (Å²) in [4.78, 5) is 6.83. The molecule has 2 aliphatic rings. The SMILES string of the molecule is CN=C(NCCCOCC1CC1)NCCN1CCCC(C)C1. The van der Waals surface area contributed by atoms with Crippen molar-refractivity contribution in [3.8, 4) is 0 Å². The van der Waals surface area contributed by atoms with Gasteiger partial charge in [0.1, 0.15) is 0 Å². The van der Waals surface area contributed by atoms with E-state index in [0.29, 0.717) is 0 Å². The zero-order valence-electron chi connectivity index (χ0n) is 14.4. The van der Waals surface area contributed by atoms with Crippen LogP contribution in [0.1, 0.15) is 39.0 Å². The number of piperidine rings is 1. The fraction of sp³-hybridized carbons (Fsp3) is 0.941. The Balaban J connectivity index is 1.45. The standard InChI is InChI=1S/C17H34N4O/c1-15-5-3-10-21(13-15)11-9-20-17(18-2)19-8-4-12-22-14-16-6-7-16/h15-16H,3-14H2,1-2H3,(H2,18,19,20). The lowest BCUT2D eigenvalue weighted by atomic mass is 10.0. The average molecular weight is 310 g/mol. The molecule has 2 fully saturated rings. The molecular formula is C17H34N4O. The van der Waals surface area contributed by atoms with E-state index >= 15 is 0 Å². The predicted octanol–water partition coefficient (Wildman–Crippen LogP) is 1.70. The third-order valence-electron chi connectivity index (χ3n) is 4.49. The van der Waals surface area contributed by atoms with Gasteiger partial charge in [-0.25, -0.2) is 0 Å². The van der Waals surface area contributed by atoms with Gasteiger partial charge in [-0.3, -0.25) is 4.99 Å². The Morgan fingerprint density at radius 2 is 2.05 bits per heavy atom. The summed E-state index contributed by atoms with van der Waals surface area (Å²) in [5, 5.41) is 6.77. The lowest BCUT2D eigenvalue weighted by molar-refractivity contribution is 0.123. The fourth-order valence-corrected chi connectivity index (χ4v) is 2.96. The molecule has 1 unspecified atom stereocenters. The Morgan fingerprint density at radius 3 is 2.77 bits per heavy atom. The molecule has 0 spiro atoms. The summed E-state index contributed by atoms with van der Waals surface area (Å²) in [5.41, 5.74) is 0. The van der Waals surface area contributed by atoms with Gasteiger partial charge in [0.15, 0.2) is 5.96 Å². The molecule has 1 saturated carbocycles. The third-order valence-corrected chi connectivity index (χ3v) is 4.49. The Morgan fingerprint density at radius 1 is 1.23 bits per heavy atom. The van der Waals surface area contributed by atoms with Gasteiger partial charge < -0.3 is 20.3 Å². The zero-order chi connectivity index (χ0) is 15.6. The molecule has 0 radical (unpaired) electrons. The minimum atomic E-state index is 0.849. The maximum absolute atomic E-state index is 5.64. The Kier molecular flexibility index (Phi) is 8.02. The molecule has 5 nitrogen and oxygen atoms in total. The zero-order valence-corrected chi connectivity index (χ0v) is 14.4. The van der Waals surface area contributed by atoms with Gasteiger partial charge in [-0.2, -0.15) is 0 Å². The van der Waals surface area contributed by atoms with Crippen LogP contribution < -0.4 is 10.6 Å². The molecule has 0 aromatic rings. The third kappa shape index (κ3) is 7.45. The van der Waals surface area contributed by atoms with E-state index in [1.54, 1.807) is 0 Å². The molecule has 1 heterocycles. The lowest BCUT2D eigenvalue weighted by Crippen LogP contribution is -2.44. The van der Waals surface area contributed by atoms with E-state index in [0.717, 1.165) is 57.1 Å². The number of ether oxygens (including phenoxy) is 1. The highest BCUT2D eigenvalue weighted by Gasteiger charge is 2.20. The first-order valence-electron chi connectivity index (χ1n) is 9.02. The van der Waals surface area contributed by atoms with Crippen molar-refractivity contribution < 1.29 is 4.74 Å². The molecule has 0 aromatic carbocycles. The minimum absolute atomic E-state index is 0.849. The van der Waals surface area contributed by atoms with Crippen LogP contribution in [0.25, 0.3) is 0 Å². The van der Waals surface area contributed by atoms with Crippen LogP contribution in [0, 0.1) is 11.8 Å². The molecule has 5 heteroatoms. The maximum Gasteiger partial charge on any atom is 0.191 e. The molecule has 1 atom stereocenters. The second-order valence-electron chi connectivity index (χ2n) is 6.85. The average Bonchev–Trinajstić information content (AvgIpc) is 3.33. The van der Waals surface area contributed by atoms with Crippen LogP contribution in [0.2, 0.25) is 0 Å². The van der Waals surface area contributed by atoms with E-state index in [1.165, 1.54) is 38.8 Å². The van der Waals surface area contributed by atoms with Crippen molar-refractivity contribution in [2.24, 2.45) is 16.8 Å². The maximum atomic E-state index is 5.64. The van der Waals surface area contributed by atoms with Gasteiger partial charge in [-0.1, -0.05) is 6.92 Å². The van der Waals surface area contributed by atoms with Crippen LogP contribution in [0.15, 0.2) is 4.99 Å². The first kappa shape index (κ1) is 17.5. The second kappa shape index (κ2) is 10.1. The number of nitrogens with one attached hydrogen (secondary N) is 2. The molecule has 0 aromatic heterocycles. The van der Waals surface area contributed by atoms with Gasteiger partial charge in [-0.15, -0.1) is 0 Å². The van der Waals surface area contributed by atoms with Crippen molar-refractivity contribution in [2.75, 3.05) is 53.0 Å². The number of likely N-dealkylation sites (tertiary alicyclic amines) is 1. The molecule has 1 aliphatic heterocycles. The molecule has 1 aliphatic carbocycles. The van der Waals surface area contributed by atoms with Crippen LogP contribution in [-0.4, -0.2) is 63.8 Å². The summed E-state index contributed by atoms with van der Waals surface area (Å²) in [6, 6.07) is 0. The minimum Gasteiger partial charge on any atom is -0.381 e. The summed E-state index contributed by atoms with van der Waals surface area (Å²) < 4.78 is 5.64. The topological polar surface area (TPSA) is 48.9 Å². The summed E-state index contributed by atoms with van der Waals surface area (Å²) in [6.07, 6.45) is 6.50. The number of hydrogen-bond donors (Lipinski definition) is 2. The molecule has 0 amide bonds. The molecule has 1 saturated heterocycles. The van der Waals surface area contributed by atoms with Crippen LogP contribution in [-0.2, 0) is 4.74 Å². The summed E-state index contributed by atoms with van der Waals surface area (Å²) >= 11 is 0. The molecule has 2 N–H and O–H groups in total. The van der Waals surface area contributed by atoms with Crippen molar-refractivity contribution in [2.45, 2.75) is 39.0 Å².